The minimum Gasteiger partial charge on any atom is -0.361 e. The van der Waals surface area contributed by atoms with E-state index in [0.717, 1.165) is 29.4 Å². The number of nitrogens with zero attached hydrogens (tertiary/aromatic N) is 1. The topological polar surface area (TPSA) is 51.9 Å². The Bertz CT molecular complexity index is 1180. The summed E-state index contributed by atoms with van der Waals surface area (Å²) in [6.45, 7) is 5.91. The van der Waals surface area contributed by atoms with Gasteiger partial charge >= 0.3 is 0 Å². The number of hydrogen-bond acceptors (Lipinski definition) is 1. The summed E-state index contributed by atoms with van der Waals surface area (Å²) in [5.74, 6) is 0.697. The summed E-state index contributed by atoms with van der Waals surface area (Å²) in [4.78, 5) is 21.9. The number of hydrogen-bond donors (Lipinski definition) is 2. The van der Waals surface area contributed by atoms with Gasteiger partial charge in [0.15, 0.2) is 0 Å². The van der Waals surface area contributed by atoms with Crippen molar-refractivity contribution in [3.63, 3.8) is 0 Å². The molecule has 0 radical (unpaired) electrons. The van der Waals surface area contributed by atoms with Gasteiger partial charge in [0.1, 0.15) is 0 Å². The lowest BCUT2D eigenvalue weighted by molar-refractivity contribution is -0.131. The smallest absolute Gasteiger partial charge is 0.227 e. The molecule has 1 aliphatic heterocycles. The Balaban J connectivity index is 1.42. The van der Waals surface area contributed by atoms with E-state index in [9.17, 15) is 4.79 Å². The Morgan fingerprint density at radius 3 is 2.82 bits per heavy atom. The van der Waals surface area contributed by atoms with Gasteiger partial charge in [-0.1, -0.05) is 38.1 Å². The number of carbonyl (C=O) groups excluding carboxylic acids is 1. The molecule has 3 heterocycles. The molecule has 0 spiro atoms. The lowest BCUT2D eigenvalue weighted by Gasteiger charge is -2.27. The van der Waals surface area contributed by atoms with E-state index in [2.05, 4.69) is 54.1 Å². The molecule has 5 rings (SSSR count). The fourth-order valence-electron chi connectivity index (χ4n) is 4.36. The highest BCUT2D eigenvalue weighted by Gasteiger charge is 2.24. The molecule has 1 aliphatic rings. The monoisotopic (exact) mass is 371 g/mol. The van der Waals surface area contributed by atoms with Gasteiger partial charge in [0.2, 0.25) is 5.91 Å². The first-order valence-electron chi connectivity index (χ1n) is 10.1. The summed E-state index contributed by atoms with van der Waals surface area (Å²) in [6, 6.07) is 14.8. The molecule has 0 bridgehead atoms. The molecule has 142 valence electrons. The van der Waals surface area contributed by atoms with Crippen molar-refractivity contribution in [2.24, 2.45) is 0 Å². The molecular formula is C24H25N3O. The highest BCUT2D eigenvalue weighted by Crippen LogP contribution is 2.30. The average molecular weight is 371 g/mol. The first-order valence-corrected chi connectivity index (χ1v) is 10.1. The summed E-state index contributed by atoms with van der Waals surface area (Å²) < 4.78 is 0. The molecule has 0 aliphatic carbocycles. The van der Waals surface area contributed by atoms with Gasteiger partial charge < -0.3 is 14.9 Å². The van der Waals surface area contributed by atoms with Crippen LogP contribution < -0.4 is 0 Å². The summed E-state index contributed by atoms with van der Waals surface area (Å²) in [5, 5.41) is 2.41. The minimum atomic E-state index is 0.199. The zero-order valence-corrected chi connectivity index (χ0v) is 16.4. The third-order valence-electron chi connectivity index (χ3n) is 6.04. The number of carbonyl (C=O) groups is 1. The van der Waals surface area contributed by atoms with E-state index < -0.39 is 0 Å². The molecule has 1 amide bonds. The maximum atomic E-state index is 13.1. The van der Waals surface area contributed by atoms with Gasteiger partial charge in [-0.05, 0) is 35.2 Å². The SMILES string of the molecule is CC(C)c1ccc2[nH]c3c(c2c1)CN(C(=O)Cc1c[nH]c2ccccc12)CC3. The van der Waals surface area contributed by atoms with Crippen LogP contribution in [0.25, 0.3) is 21.8 Å². The number of amides is 1. The van der Waals surface area contributed by atoms with Gasteiger partial charge in [0.05, 0.1) is 6.42 Å². The fraction of sp³-hybridized carbons (Fsp3) is 0.292. The van der Waals surface area contributed by atoms with Crippen LogP contribution in [0, 0.1) is 0 Å². The number of H-pyrrole nitrogens is 2. The lowest BCUT2D eigenvalue weighted by atomic mass is 9.98. The van der Waals surface area contributed by atoms with E-state index in [4.69, 9.17) is 0 Å². The molecule has 0 fully saturated rings. The molecule has 2 N–H and O–H groups in total. The Kier molecular flexibility index (Phi) is 4.00. The first kappa shape index (κ1) is 17.1. The molecule has 4 heteroatoms. The summed E-state index contributed by atoms with van der Waals surface area (Å²) in [5.41, 5.74) is 7.26. The van der Waals surface area contributed by atoms with Crippen molar-refractivity contribution in [3.8, 4) is 0 Å². The van der Waals surface area contributed by atoms with Gasteiger partial charge in [-0.25, -0.2) is 0 Å². The molecule has 2 aromatic carbocycles. The van der Waals surface area contributed by atoms with Gasteiger partial charge in [-0.2, -0.15) is 0 Å². The van der Waals surface area contributed by atoms with Gasteiger partial charge in [0.25, 0.3) is 0 Å². The van der Waals surface area contributed by atoms with Crippen molar-refractivity contribution in [2.75, 3.05) is 6.54 Å². The Morgan fingerprint density at radius 2 is 1.96 bits per heavy atom. The zero-order chi connectivity index (χ0) is 19.3. The number of benzene rings is 2. The van der Waals surface area contributed by atoms with Crippen molar-refractivity contribution < 1.29 is 4.79 Å². The van der Waals surface area contributed by atoms with E-state index in [1.807, 2.05) is 23.2 Å². The molecule has 0 saturated carbocycles. The predicted molar refractivity (Wildman–Crippen MR) is 114 cm³/mol. The lowest BCUT2D eigenvalue weighted by Crippen LogP contribution is -2.36. The van der Waals surface area contributed by atoms with E-state index >= 15 is 0 Å². The standard InChI is InChI=1S/C24H25N3O/c1-15(2)16-7-8-22-19(11-16)20-14-27(10-9-23(20)26-22)24(28)12-17-13-25-21-6-4-3-5-18(17)21/h3-8,11,13,15,25-26H,9-10,12,14H2,1-2H3. The van der Waals surface area contributed by atoms with Crippen LogP contribution >= 0.6 is 0 Å². The predicted octanol–water partition coefficient (Wildman–Crippen LogP) is 4.90. The number of para-hydroxylation sites is 1. The zero-order valence-electron chi connectivity index (χ0n) is 16.4. The highest BCUT2D eigenvalue weighted by atomic mass is 16.2. The largest absolute Gasteiger partial charge is 0.361 e. The van der Waals surface area contributed by atoms with Crippen LogP contribution in [0.1, 0.15) is 42.1 Å². The second kappa shape index (κ2) is 6.55. The van der Waals surface area contributed by atoms with Crippen LogP contribution in [0.15, 0.2) is 48.7 Å². The van der Waals surface area contributed by atoms with Crippen LogP contribution in [0.5, 0.6) is 0 Å². The second-order valence-electron chi connectivity index (χ2n) is 8.14. The fourth-order valence-corrected chi connectivity index (χ4v) is 4.36. The van der Waals surface area contributed by atoms with Crippen LogP contribution in [0.3, 0.4) is 0 Å². The molecule has 0 unspecified atom stereocenters. The highest BCUT2D eigenvalue weighted by molar-refractivity contribution is 5.90. The normalized spacial score (nSPS) is 14.2. The maximum absolute atomic E-state index is 13.1. The Hall–Kier alpha value is -3.01. The minimum absolute atomic E-state index is 0.199. The Labute approximate surface area is 164 Å². The molecule has 28 heavy (non-hydrogen) atoms. The van der Waals surface area contributed by atoms with E-state index in [1.165, 1.54) is 27.7 Å². The van der Waals surface area contributed by atoms with Crippen molar-refractivity contribution in [1.82, 2.24) is 14.9 Å². The third kappa shape index (κ3) is 2.80. The summed E-state index contributed by atoms with van der Waals surface area (Å²) in [6.07, 6.45) is 3.30. The van der Waals surface area contributed by atoms with Crippen molar-refractivity contribution in [1.29, 1.82) is 0 Å². The van der Waals surface area contributed by atoms with E-state index in [1.54, 1.807) is 0 Å². The maximum Gasteiger partial charge on any atom is 0.227 e. The van der Waals surface area contributed by atoms with Crippen LogP contribution in [-0.4, -0.2) is 27.3 Å². The van der Waals surface area contributed by atoms with Crippen LogP contribution in [-0.2, 0) is 24.2 Å². The van der Waals surface area contributed by atoms with Crippen LogP contribution in [0.4, 0.5) is 0 Å². The molecular weight excluding hydrogens is 346 g/mol. The van der Waals surface area contributed by atoms with E-state index in [-0.39, 0.29) is 5.91 Å². The number of aromatic amines is 2. The number of rotatable bonds is 3. The molecule has 0 atom stereocenters. The van der Waals surface area contributed by atoms with Gasteiger partial charge in [-0.15, -0.1) is 0 Å². The quantitative estimate of drug-likeness (QED) is 0.529. The average Bonchev–Trinajstić information content (AvgIpc) is 3.28. The van der Waals surface area contributed by atoms with Gasteiger partial charge in [-0.3, -0.25) is 4.79 Å². The van der Waals surface area contributed by atoms with Gasteiger partial charge in [0, 0.05) is 58.8 Å². The summed E-state index contributed by atoms with van der Waals surface area (Å²) >= 11 is 0. The number of fused-ring (bicyclic) bond motifs is 4. The van der Waals surface area contributed by atoms with Crippen molar-refractivity contribution >= 4 is 27.7 Å². The number of aromatic nitrogens is 2. The molecule has 4 aromatic rings. The van der Waals surface area contributed by atoms with Crippen molar-refractivity contribution in [2.45, 2.75) is 39.2 Å². The molecule has 4 nitrogen and oxygen atoms in total. The summed E-state index contributed by atoms with van der Waals surface area (Å²) in [7, 11) is 0. The number of nitrogens with one attached hydrogen (secondary N) is 2. The van der Waals surface area contributed by atoms with Crippen molar-refractivity contribution in [3.05, 3.63) is 71.0 Å². The Morgan fingerprint density at radius 1 is 1.11 bits per heavy atom. The van der Waals surface area contributed by atoms with Crippen LogP contribution in [0.2, 0.25) is 0 Å². The first-order chi connectivity index (χ1) is 13.6. The van der Waals surface area contributed by atoms with E-state index in [0.29, 0.717) is 18.9 Å². The second-order valence-corrected chi connectivity index (χ2v) is 8.14. The molecule has 2 aromatic heterocycles. The molecule has 0 saturated heterocycles. The third-order valence-corrected chi connectivity index (χ3v) is 6.04.